The van der Waals surface area contributed by atoms with E-state index in [1.54, 1.807) is 6.07 Å². The van der Waals surface area contributed by atoms with Crippen molar-refractivity contribution >= 4 is 22.6 Å². The van der Waals surface area contributed by atoms with Crippen molar-refractivity contribution in [2.24, 2.45) is 0 Å². The number of hydrogen-bond acceptors (Lipinski definition) is 3. The molecule has 0 spiro atoms. The fraction of sp³-hybridized carbons (Fsp3) is 0.250. The molecule has 0 radical (unpaired) electrons. The maximum Gasteiger partial charge on any atom is 0.336 e. The summed E-state index contributed by atoms with van der Waals surface area (Å²) in [6, 6.07) is 13.6. The van der Waals surface area contributed by atoms with Crippen molar-refractivity contribution in [3.63, 3.8) is 0 Å². The molecule has 0 saturated heterocycles. The number of rotatable bonds is 4. The summed E-state index contributed by atoms with van der Waals surface area (Å²) in [4.78, 5) is 11.9. The first-order valence-electron chi connectivity index (χ1n) is 7.97. The maximum atomic E-state index is 11.9. The highest BCUT2D eigenvalue weighted by atomic mass is 35.5. The van der Waals surface area contributed by atoms with Crippen LogP contribution in [-0.4, -0.2) is 0 Å². The van der Waals surface area contributed by atoms with E-state index in [0.717, 1.165) is 32.7 Å². The quantitative estimate of drug-likeness (QED) is 0.685. The van der Waals surface area contributed by atoms with Crippen molar-refractivity contribution in [3.8, 4) is 0 Å². The molecule has 1 aromatic heterocycles. The molecule has 1 unspecified atom stereocenters. The molecule has 0 aliphatic heterocycles. The first-order chi connectivity index (χ1) is 11.5. The van der Waals surface area contributed by atoms with Crippen LogP contribution in [0.2, 0.25) is 5.02 Å². The van der Waals surface area contributed by atoms with Gasteiger partial charge in [-0.2, -0.15) is 0 Å². The summed E-state index contributed by atoms with van der Waals surface area (Å²) in [7, 11) is 0. The highest BCUT2D eigenvalue weighted by Crippen LogP contribution is 2.24. The largest absolute Gasteiger partial charge is 0.422 e. The predicted molar refractivity (Wildman–Crippen MR) is 98.7 cm³/mol. The lowest BCUT2D eigenvalue weighted by Gasteiger charge is -2.15. The van der Waals surface area contributed by atoms with Crippen LogP contribution in [0.4, 0.5) is 0 Å². The summed E-state index contributed by atoms with van der Waals surface area (Å²) < 4.78 is 5.42. The second kappa shape index (κ2) is 6.80. The van der Waals surface area contributed by atoms with E-state index in [9.17, 15) is 4.79 Å². The summed E-state index contributed by atoms with van der Waals surface area (Å²) >= 11 is 5.93. The second-order valence-electron chi connectivity index (χ2n) is 6.13. The van der Waals surface area contributed by atoms with Crippen molar-refractivity contribution in [1.82, 2.24) is 5.32 Å². The Morgan fingerprint density at radius 2 is 1.83 bits per heavy atom. The van der Waals surface area contributed by atoms with E-state index < -0.39 is 0 Å². The first-order valence-corrected chi connectivity index (χ1v) is 8.35. The minimum Gasteiger partial charge on any atom is -0.422 e. The van der Waals surface area contributed by atoms with Gasteiger partial charge in [-0.1, -0.05) is 35.9 Å². The van der Waals surface area contributed by atoms with Crippen LogP contribution in [0.25, 0.3) is 11.0 Å². The van der Waals surface area contributed by atoms with E-state index >= 15 is 0 Å². The van der Waals surface area contributed by atoms with Gasteiger partial charge in [-0.15, -0.1) is 0 Å². The molecule has 0 amide bonds. The molecule has 1 heterocycles. The van der Waals surface area contributed by atoms with Crippen molar-refractivity contribution in [1.29, 1.82) is 0 Å². The third-order valence-electron chi connectivity index (χ3n) is 4.49. The molecular formula is C20H20ClNO2. The maximum absolute atomic E-state index is 11.9. The summed E-state index contributed by atoms with van der Waals surface area (Å²) in [5.74, 6) is 0. The molecule has 3 nitrogen and oxygen atoms in total. The number of benzene rings is 2. The van der Waals surface area contributed by atoms with Gasteiger partial charge in [0.05, 0.1) is 0 Å². The lowest BCUT2D eigenvalue weighted by molar-refractivity contribution is 0.545. The van der Waals surface area contributed by atoms with Gasteiger partial charge in [0.25, 0.3) is 0 Å². The van der Waals surface area contributed by atoms with Gasteiger partial charge in [0, 0.05) is 29.1 Å². The highest BCUT2D eigenvalue weighted by Gasteiger charge is 2.11. The monoisotopic (exact) mass is 341 g/mol. The van der Waals surface area contributed by atoms with Gasteiger partial charge in [-0.25, -0.2) is 4.79 Å². The Kier molecular flexibility index (Phi) is 4.74. The van der Waals surface area contributed by atoms with E-state index in [4.69, 9.17) is 16.0 Å². The predicted octanol–water partition coefficient (Wildman–Crippen LogP) is 4.91. The number of nitrogens with one attached hydrogen (secondary N) is 1. The fourth-order valence-corrected chi connectivity index (χ4v) is 2.93. The van der Waals surface area contributed by atoms with Crippen LogP contribution in [0.15, 0.2) is 51.7 Å². The van der Waals surface area contributed by atoms with Crippen molar-refractivity contribution < 1.29 is 4.42 Å². The van der Waals surface area contributed by atoms with Gasteiger partial charge < -0.3 is 9.73 Å². The van der Waals surface area contributed by atoms with E-state index in [1.165, 1.54) is 0 Å². The molecule has 0 saturated carbocycles. The van der Waals surface area contributed by atoms with Gasteiger partial charge >= 0.3 is 5.63 Å². The first kappa shape index (κ1) is 16.7. The lowest BCUT2D eigenvalue weighted by atomic mass is 10.0. The molecule has 0 fully saturated rings. The zero-order valence-electron chi connectivity index (χ0n) is 14.0. The number of fused-ring (bicyclic) bond motifs is 1. The minimum atomic E-state index is -0.313. The summed E-state index contributed by atoms with van der Waals surface area (Å²) in [6.45, 7) is 6.68. The summed E-state index contributed by atoms with van der Waals surface area (Å²) in [6.07, 6.45) is 0. The average Bonchev–Trinajstić information content (AvgIpc) is 2.56. The standard InChI is InChI=1S/C20H20ClNO2/c1-12-4-9-18-16(10-19(23)24-20(18)13(12)2)11-22-14(3)15-5-7-17(21)8-6-15/h4-10,14,22H,11H2,1-3H3. The Morgan fingerprint density at radius 1 is 1.12 bits per heavy atom. The van der Waals surface area contributed by atoms with Gasteiger partial charge in [0.15, 0.2) is 0 Å². The molecule has 124 valence electrons. The average molecular weight is 342 g/mol. The van der Waals surface area contributed by atoms with Gasteiger partial charge in [0.1, 0.15) is 5.58 Å². The minimum absolute atomic E-state index is 0.149. The van der Waals surface area contributed by atoms with E-state index in [1.807, 2.05) is 44.2 Å². The van der Waals surface area contributed by atoms with Gasteiger partial charge in [0.2, 0.25) is 0 Å². The molecule has 4 heteroatoms. The lowest BCUT2D eigenvalue weighted by Crippen LogP contribution is -2.19. The van der Waals surface area contributed by atoms with E-state index in [-0.39, 0.29) is 11.7 Å². The van der Waals surface area contributed by atoms with Crippen LogP contribution < -0.4 is 10.9 Å². The molecular weight excluding hydrogens is 322 g/mol. The molecule has 0 bridgehead atoms. The van der Waals surface area contributed by atoms with Crippen LogP contribution in [0.5, 0.6) is 0 Å². The molecule has 3 aromatic rings. The zero-order valence-corrected chi connectivity index (χ0v) is 14.8. The Labute approximate surface area is 146 Å². The normalized spacial score (nSPS) is 12.5. The van der Waals surface area contributed by atoms with Crippen molar-refractivity contribution in [2.45, 2.75) is 33.4 Å². The topological polar surface area (TPSA) is 42.2 Å². The number of halogens is 1. The molecule has 3 rings (SSSR count). The van der Waals surface area contributed by atoms with Crippen LogP contribution in [-0.2, 0) is 6.54 Å². The Balaban J connectivity index is 1.89. The van der Waals surface area contributed by atoms with Crippen LogP contribution >= 0.6 is 11.6 Å². The Hall–Kier alpha value is -2.10. The highest BCUT2D eigenvalue weighted by molar-refractivity contribution is 6.30. The Morgan fingerprint density at radius 3 is 2.54 bits per heavy atom. The van der Waals surface area contributed by atoms with Gasteiger partial charge in [-0.3, -0.25) is 0 Å². The number of hydrogen-bond donors (Lipinski definition) is 1. The third-order valence-corrected chi connectivity index (χ3v) is 4.74. The second-order valence-corrected chi connectivity index (χ2v) is 6.57. The molecule has 0 aliphatic rings. The molecule has 1 atom stereocenters. The molecule has 2 aromatic carbocycles. The summed E-state index contributed by atoms with van der Waals surface area (Å²) in [5.41, 5.74) is 4.59. The third kappa shape index (κ3) is 3.37. The fourth-order valence-electron chi connectivity index (χ4n) is 2.80. The Bertz CT molecular complexity index is 929. The van der Waals surface area contributed by atoms with Crippen molar-refractivity contribution in [3.05, 3.63) is 80.2 Å². The smallest absolute Gasteiger partial charge is 0.336 e. The van der Waals surface area contributed by atoms with Gasteiger partial charge in [-0.05, 0) is 55.2 Å². The van der Waals surface area contributed by atoms with Crippen LogP contribution in [0.1, 0.15) is 35.2 Å². The zero-order chi connectivity index (χ0) is 17.3. The van der Waals surface area contributed by atoms with E-state index in [0.29, 0.717) is 12.1 Å². The molecule has 0 aliphatic carbocycles. The van der Waals surface area contributed by atoms with Crippen LogP contribution in [0, 0.1) is 13.8 Å². The number of aryl methyl sites for hydroxylation is 2. The van der Waals surface area contributed by atoms with Crippen LogP contribution in [0.3, 0.4) is 0 Å². The van der Waals surface area contributed by atoms with Crippen molar-refractivity contribution in [2.75, 3.05) is 0 Å². The molecule has 24 heavy (non-hydrogen) atoms. The summed E-state index contributed by atoms with van der Waals surface area (Å²) in [5, 5.41) is 5.17. The van der Waals surface area contributed by atoms with E-state index in [2.05, 4.69) is 18.3 Å². The molecule has 1 N–H and O–H groups in total. The SMILES string of the molecule is Cc1ccc2c(CNC(C)c3ccc(Cl)cc3)cc(=O)oc2c1C.